The molecule has 8 heteroatoms. The van der Waals surface area contributed by atoms with Gasteiger partial charge in [-0.25, -0.2) is 0 Å². The van der Waals surface area contributed by atoms with E-state index in [1.807, 2.05) is 0 Å². The van der Waals surface area contributed by atoms with Crippen LogP contribution in [0.1, 0.15) is 0 Å². The summed E-state index contributed by atoms with van der Waals surface area (Å²) in [6, 6.07) is 0. The lowest BCUT2D eigenvalue weighted by Crippen LogP contribution is -2.30. The predicted molar refractivity (Wildman–Crippen MR) is 28.8 cm³/mol. The van der Waals surface area contributed by atoms with Crippen LogP contribution in [0.4, 0.5) is 0 Å². The van der Waals surface area contributed by atoms with Crippen molar-refractivity contribution < 1.29 is 14.3 Å². The van der Waals surface area contributed by atoms with Crippen LogP contribution < -0.4 is 0 Å². The van der Waals surface area contributed by atoms with Crippen LogP contribution in [0.15, 0.2) is 0 Å². The summed E-state index contributed by atoms with van der Waals surface area (Å²) in [4.78, 5) is 17.1. The molecule has 0 saturated carbocycles. The Kier molecular flexibility index (Phi) is 2.74. The Morgan fingerprint density at radius 2 is 1.67 bits per heavy atom. The number of hydrogen-bond acceptors (Lipinski definition) is 5. The average molecular weight is 152 g/mol. The van der Waals surface area contributed by atoms with Crippen molar-refractivity contribution in [3.8, 4) is 0 Å². The van der Waals surface area contributed by atoms with Gasteiger partial charge in [-0.2, -0.15) is 0 Å². The minimum absolute atomic E-state index is 0.0154. The lowest BCUT2D eigenvalue weighted by atomic mass is 11.1. The molecule has 0 aromatic carbocycles. The Labute approximate surface area is 52.5 Å². The van der Waals surface area contributed by atoms with Crippen molar-refractivity contribution in [1.82, 2.24) is 0 Å². The Bertz CT molecular complexity index is 121. The SMILES string of the molecule is O=[N+]([O-])C(O[SiH3])[N+](=O)[O-]. The molecule has 0 unspecified atom stereocenters. The lowest BCUT2D eigenvalue weighted by Gasteiger charge is -1.96. The lowest BCUT2D eigenvalue weighted by molar-refractivity contribution is -0.782. The monoisotopic (exact) mass is 152 g/mol. The third kappa shape index (κ3) is 2.14. The van der Waals surface area contributed by atoms with Crippen LogP contribution in [0.3, 0.4) is 0 Å². The van der Waals surface area contributed by atoms with Crippen LogP contribution in [0.25, 0.3) is 0 Å². The van der Waals surface area contributed by atoms with Gasteiger partial charge in [-0.1, -0.05) is 0 Å². The van der Waals surface area contributed by atoms with E-state index in [0.29, 0.717) is 0 Å². The van der Waals surface area contributed by atoms with Crippen molar-refractivity contribution in [3.05, 3.63) is 20.2 Å². The van der Waals surface area contributed by atoms with Crippen LogP contribution in [-0.2, 0) is 4.43 Å². The van der Waals surface area contributed by atoms with Crippen molar-refractivity contribution in [2.75, 3.05) is 0 Å². The molecule has 0 aliphatic rings. The first kappa shape index (κ1) is 7.98. The molecule has 7 nitrogen and oxygen atoms in total. The highest BCUT2D eigenvalue weighted by Gasteiger charge is 2.30. The number of rotatable bonds is 3. The van der Waals surface area contributed by atoms with E-state index in [-0.39, 0.29) is 10.5 Å². The molecular formula is CH4N2O5Si. The van der Waals surface area contributed by atoms with E-state index in [1.165, 1.54) is 0 Å². The molecule has 0 bridgehead atoms. The number of hydrogen-bond donors (Lipinski definition) is 0. The summed E-state index contributed by atoms with van der Waals surface area (Å²) in [6.07, 6.45) is -2.07. The standard InChI is InChI=1S/CH4N2O5Si/c4-2(5)1(8-9)3(6)7/h1H,9H3. The van der Waals surface area contributed by atoms with E-state index in [9.17, 15) is 20.2 Å². The smallest absolute Gasteiger partial charge is 0.311 e. The van der Waals surface area contributed by atoms with Gasteiger partial charge in [0, 0.05) is 0 Å². The van der Waals surface area contributed by atoms with Crippen LogP contribution in [0.5, 0.6) is 0 Å². The molecule has 0 rings (SSSR count). The van der Waals surface area contributed by atoms with Gasteiger partial charge in [-0.3, -0.25) is 20.2 Å². The summed E-state index contributed by atoms with van der Waals surface area (Å²) in [5, 5.41) is 19.3. The zero-order valence-corrected chi connectivity index (χ0v) is 6.51. The van der Waals surface area contributed by atoms with Crippen LogP contribution in [0, 0.1) is 20.2 Å². The first-order valence-corrected chi connectivity index (χ1v) is 2.71. The number of nitro groups is 2. The van der Waals surface area contributed by atoms with Gasteiger partial charge in [0.1, 0.15) is 9.85 Å². The summed E-state index contributed by atoms with van der Waals surface area (Å²) >= 11 is 0. The summed E-state index contributed by atoms with van der Waals surface area (Å²) in [5.74, 6) is 0. The first-order valence-electron chi connectivity index (χ1n) is 1.89. The summed E-state index contributed by atoms with van der Waals surface area (Å²) in [5.41, 5.74) is 0. The minimum Gasteiger partial charge on any atom is -0.311 e. The number of nitrogens with zero attached hydrogens (tertiary/aromatic N) is 2. The molecule has 0 aliphatic carbocycles. The Morgan fingerprint density at radius 1 is 1.33 bits per heavy atom. The van der Waals surface area contributed by atoms with Crippen molar-refractivity contribution in [2.45, 2.75) is 6.35 Å². The maximum atomic E-state index is 9.63. The topological polar surface area (TPSA) is 95.5 Å². The molecule has 0 aliphatic heterocycles. The van der Waals surface area contributed by atoms with E-state index in [2.05, 4.69) is 4.43 Å². The first-order chi connectivity index (χ1) is 4.09. The molecule has 0 spiro atoms. The summed E-state index contributed by atoms with van der Waals surface area (Å²) < 4.78 is 4.01. The highest BCUT2D eigenvalue weighted by Crippen LogP contribution is 1.88. The predicted octanol–water partition coefficient (Wildman–Crippen LogP) is -1.88. The van der Waals surface area contributed by atoms with Gasteiger partial charge in [0.25, 0.3) is 0 Å². The van der Waals surface area contributed by atoms with E-state index in [0.717, 1.165) is 0 Å². The highest BCUT2D eigenvalue weighted by molar-refractivity contribution is 5.97. The maximum absolute atomic E-state index is 9.63. The molecule has 0 N–H and O–H groups in total. The second-order valence-corrected chi connectivity index (χ2v) is 1.60. The largest absolute Gasteiger partial charge is 0.560 e. The van der Waals surface area contributed by atoms with Crippen molar-refractivity contribution in [1.29, 1.82) is 0 Å². The fourth-order valence-electron chi connectivity index (χ4n) is 0.249. The molecule has 0 saturated heterocycles. The van der Waals surface area contributed by atoms with Gasteiger partial charge in [-0.05, 0) is 0 Å². The molecule has 0 fully saturated rings. The molecule has 0 heterocycles. The fraction of sp³-hybridized carbons (Fsp3) is 1.00. The highest BCUT2D eigenvalue weighted by atomic mass is 28.2. The Morgan fingerprint density at radius 3 is 1.67 bits per heavy atom. The normalized spacial score (nSPS) is 9.89. The molecular weight excluding hydrogens is 148 g/mol. The third-order valence-electron chi connectivity index (χ3n) is 0.572. The quantitative estimate of drug-likeness (QED) is 0.204. The van der Waals surface area contributed by atoms with Gasteiger partial charge in [-0.15, -0.1) is 0 Å². The molecule has 0 aromatic rings. The molecule has 0 amide bonds. The minimum atomic E-state index is -2.07. The van der Waals surface area contributed by atoms with E-state index >= 15 is 0 Å². The Balaban J connectivity index is 3.99. The van der Waals surface area contributed by atoms with Crippen molar-refractivity contribution >= 4 is 10.5 Å². The van der Waals surface area contributed by atoms with E-state index in [4.69, 9.17) is 0 Å². The Hall–Kier alpha value is -1.02. The van der Waals surface area contributed by atoms with E-state index < -0.39 is 16.2 Å². The van der Waals surface area contributed by atoms with Gasteiger partial charge < -0.3 is 4.43 Å². The van der Waals surface area contributed by atoms with Gasteiger partial charge in [0.2, 0.25) is 0 Å². The zero-order chi connectivity index (χ0) is 7.44. The summed E-state index contributed by atoms with van der Waals surface area (Å²) in [7, 11) is -0.0154. The van der Waals surface area contributed by atoms with Gasteiger partial charge in [0.05, 0.1) is 0 Å². The second kappa shape index (κ2) is 3.09. The summed E-state index contributed by atoms with van der Waals surface area (Å²) in [6.45, 7) is 0. The molecule has 0 atom stereocenters. The molecule has 0 radical (unpaired) electrons. The van der Waals surface area contributed by atoms with Crippen LogP contribution in [0.2, 0.25) is 0 Å². The maximum Gasteiger partial charge on any atom is 0.560 e. The fourth-order valence-corrected chi connectivity index (χ4v) is 0.593. The zero-order valence-electron chi connectivity index (χ0n) is 4.51. The van der Waals surface area contributed by atoms with Crippen LogP contribution in [-0.4, -0.2) is 26.7 Å². The molecule has 52 valence electrons. The van der Waals surface area contributed by atoms with Gasteiger partial charge in [0.15, 0.2) is 10.5 Å². The van der Waals surface area contributed by atoms with Crippen molar-refractivity contribution in [3.63, 3.8) is 0 Å². The molecule has 0 aromatic heterocycles. The van der Waals surface area contributed by atoms with Crippen LogP contribution >= 0.6 is 0 Å². The van der Waals surface area contributed by atoms with E-state index in [1.54, 1.807) is 0 Å². The second-order valence-electron chi connectivity index (χ2n) is 1.13. The third-order valence-corrected chi connectivity index (χ3v) is 0.993. The van der Waals surface area contributed by atoms with Gasteiger partial charge >= 0.3 is 6.35 Å². The van der Waals surface area contributed by atoms with Crippen molar-refractivity contribution in [2.24, 2.45) is 0 Å². The average Bonchev–Trinajstić information content (AvgIpc) is 1.64. The molecule has 9 heavy (non-hydrogen) atoms.